The normalized spacial score (nSPS) is 13.6. The maximum atomic E-state index is 13.0. The highest BCUT2D eigenvalue weighted by atomic mass is 19.1. The molecule has 0 saturated heterocycles. The van der Waals surface area contributed by atoms with Crippen molar-refractivity contribution in [1.29, 1.82) is 0 Å². The molecular formula is C18H25FN4O2. The molecule has 25 heavy (non-hydrogen) atoms. The number of halogens is 1. The molecule has 2 rings (SSSR count). The number of aliphatic hydroxyl groups is 1. The molecule has 0 radical (unpaired) electrons. The van der Waals surface area contributed by atoms with E-state index in [4.69, 9.17) is 0 Å². The van der Waals surface area contributed by atoms with Gasteiger partial charge in [0.25, 0.3) is 0 Å². The zero-order valence-electron chi connectivity index (χ0n) is 15.2. The maximum Gasteiger partial charge on any atom is 0.319 e. The topological polar surface area (TPSA) is 79.2 Å². The monoisotopic (exact) mass is 348 g/mol. The summed E-state index contributed by atoms with van der Waals surface area (Å²) in [5, 5.41) is 20.2. The molecule has 0 aliphatic carbocycles. The predicted octanol–water partition coefficient (Wildman–Crippen LogP) is 3.46. The summed E-state index contributed by atoms with van der Waals surface area (Å²) < 4.78 is 14.8. The van der Waals surface area contributed by atoms with E-state index >= 15 is 0 Å². The molecule has 1 aromatic heterocycles. The number of aromatic nitrogens is 2. The van der Waals surface area contributed by atoms with Crippen LogP contribution in [0.1, 0.15) is 49.9 Å². The van der Waals surface area contributed by atoms with E-state index in [2.05, 4.69) is 15.7 Å². The first kappa shape index (κ1) is 18.9. The Labute approximate surface area is 147 Å². The van der Waals surface area contributed by atoms with E-state index in [9.17, 15) is 14.3 Å². The van der Waals surface area contributed by atoms with Gasteiger partial charge in [-0.1, -0.05) is 12.1 Å². The Bertz CT molecular complexity index is 740. The van der Waals surface area contributed by atoms with E-state index in [0.717, 1.165) is 11.4 Å². The summed E-state index contributed by atoms with van der Waals surface area (Å²) in [5.41, 5.74) is 2.80. The third-order valence-corrected chi connectivity index (χ3v) is 4.10. The number of carbonyl (C=O) groups excluding carboxylic acids is 1. The van der Waals surface area contributed by atoms with E-state index in [1.54, 1.807) is 6.92 Å². The van der Waals surface area contributed by atoms with Crippen LogP contribution in [-0.4, -0.2) is 27.0 Å². The van der Waals surface area contributed by atoms with Crippen molar-refractivity contribution < 1.29 is 14.3 Å². The van der Waals surface area contributed by atoms with Crippen molar-refractivity contribution in [2.45, 2.75) is 52.8 Å². The van der Waals surface area contributed by atoms with Crippen LogP contribution in [0.2, 0.25) is 0 Å². The molecule has 3 N–H and O–H groups in total. The van der Waals surface area contributed by atoms with Gasteiger partial charge in [-0.15, -0.1) is 0 Å². The summed E-state index contributed by atoms with van der Waals surface area (Å²) in [5.74, 6) is -0.373. The smallest absolute Gasteiger partial charge is 0.319 e. The van der Waals surface area contributed by atoms with E-state index < -0.39 is 18.2 Å². The molecule has 0 saturated carbocycles. The van der Waals surface area contributed by atoms with Gasteiger partial charge in [0, 0.05) is 6.04 Å². The van der Waals surface area contributed by atoms with Crippen LogP contribution in [-0.2, 0) is 0 Å². The highest BCUT2D eigenvalue weighted by molar-refractivity contribution is 5.90. The van der Waals surface area contributed by atoms with Crippen molar-refractivity contribution >= 4 is 11.7 Å². The molecule has 2 aromatic rings. The summed E-state index contributed by atoms with van der Waals surface area (Å²) in [4.78, 5) is 12.3. The average Bonchev–Trinajstić information content (AvgIpc) is 2.83. The maximum absolute atomic E-state index is 13.0. The van der Waals surface area contributed by atoms with Gasteiger partial charge in [-0.05, 0) is 52.3 Å². The molecule has 1 aromatic carbocycles. The number of rotatable bonds is 5. The van der Waals surface area contributed by atoms with E-state index in [1.165, 1.54) is 24.3 Å². The van der Waals surface area contributed by atoms with Crippen LogP contribution in [0.5, 0.6) is 0 Å². The number of nitrogens with zero attached hydrogens (tertiary/aromatic N) is 2. The van der Waals surface area contributed by atoms with Gasteiger partial charge in [-0.3, -0.25) is 4.68 Å². The van der Waals surface area contributed by atoms with Crippen molar-refractivity contribution in [1.82, 2.24) is 15.1 Å². The average molecular weight is 348 g/mol. The van der Waals surface area contributed by atoms with Gasteiger partial charge >= 0.3 is 6.03 Å². The molecule has 0 aliphatic rings. The molecule has 1 heterocycles. The van der Waals surface area contributed by atoms with E-state index in [-0.39, 0.29) is 11.9 Å². The van der Waals surface area contributed by atoms with Crippen molar-refractivity contribution in [3.8, 4) is 0 Å². The number of carbonyl (C=O) groups is 1. The first-order chi connectivity index (χ1) is 11.7. The fraction of sp³-hybridized carbons (Fsp3) is 0.444. The Kier molecular flexibility index (Phi) is 5.79. The van der Waals surface area contributed by atoms with Crippen LogP contribution in [0, 0.1) is 19.7 Å². The fourth-order valence-electron chi connectivity index (χ4n) is 2.73. The van der Waals surface area contributed by atoms with Crippen LogP contribution in [0.25, 0.3) is 0 Å². The van der Waals surface area contributed by atoms with Crippen LogP contribution in [0.3, 0.4) is 0 Å². The third-order valence-electron chi connectivity index (χ3n) is 4.10. The number of hydrogen-bond acceptors (Lipinski definition) is 3. The lowest BCUT2D eigenvalue weighted by atomic mass is 10.0. The molecule has 0 bridgehead atoms. The Balaban J connectivity index is 2.03. The van der Waals surface area contributed by atoms with Gasteiger partial charge in [-0.25, -0.2) is 9.18 Å². The van der Waals surface area contributed by atoms with Gasteiger partial charge in [0.15, 0.2) is 0 Å². The lowest BCUT2D eigenvalue weighted by Crippen LogP contribution is -2.39. The second-order valence-electron chi connectivity index (χ2n) is 6.47. The summed E-state index contributed by atoms with van der Waals surface area (Å²) in [6, 6.07) is 4.76. The molecule has 2 amide bonds. The predicted molar refractivity (Wildman–Crippen MR) is 95.1 cm³/mol. The number of aryl methyl sites for hydroxylation is 1. The van der Waals surface area contributed by atoms with Gasteiger partial charge in [0.2, 0.25) is 0 Å². The van der Waals surface area contributed by atoms with Crippen molar-refractivity contribution in [2.75, 3.05) is 5.32 Å². The Hall–Kier alpha value is -2.41. The highest BCUT2D eigenvalue weighted by Gasteiger charge is 2.20. The quantitative estimate of drug-likeness (QED) is 0.774. The molecule has 136 valence electrons. The molecule has 7 heteroatoms. The van der Waals surface area contributed by atoms with Crippen molar-refractivity contribution in [3.05, 3.63) is 47.0 Å². The minimum absolute atomic E-state index is 0.191. The molecular weight excluding hydrogens is 323 g/mol. The van der Waals surface area contributed by atoms with E-state index in [0.29, 0.717) is 11.3 Å². The number of aliphatic hydroxyl groups excluding tert-OH is 1. The van der Waals surface area contributed by atoms with Gasteiger partial charge in [0.1, 0.15) is 5.82 Å². The van der Waals surface area contributed by atoms with Gasteiger partial charge in [0.05, 0.1) is 29.2 Å². The number of hydrogen-bond donors (Lipinski definition) is 3. The fourth-order valence-corrected chi connectivity index (χ4v) is 2.73. The minimum Gasteiger partial charge on any atom is -0.386 e. The molecule has 0 unspecified atom stereocenters. The second-order valence-corrected chi connectivity index (χ2v) is 6.47. The molecule has 0 fully saturated rings. The summed E-state index contributed by atoms with van der Waals surface area (Å²) in [6.07, 6.45) is -0.938. The Morgan fingerprint density at radius 2 is 1.80 bits per heavy atom. The zero-order chi connectivity index (χ0) is 18.7. The number of nitrogens with one attached hydrogen (secondary N) is 2. The number of benzene rings is 1. The SMILES string of the molecule is Cc1nn(C(C)C)c(C)c1NC(=O)N[C@H](C)[C@@H](O)c1ccc(F)cc1. The summed E-state index contributed by atoms with van der Waals surface area (Å²) in [7, 11) is 0. The molecule has 2 atom stereocenters. The Morgan fingerprint density at radius 1 is 1.20 bits per heavy atom. The first-order valence-corrected chi connectivity index (χ1v) is 8.27. The summed E-state index contributed by atoms with van der Waals surface area (Å²) in [6.45, 7) is 9.45. The first-order valence-electron chi connectivity index (χ1n) is 8.27. The van der Waals surface area contributed by atoms with Gasteiger partial charge < -0.3 is 15.7 Å². The third kappa shape index (κ3) is 4.36. The van der Waals surface area contributed by atoms with Crippen molar-refractivity contribution in [2.24, 2.45) is 0 Å². The number of anilines is 1. The van der Waals surface area contributed by atoms with E-state index in [1.807, 2.05) is 32.4 Å². The van der Waals surface area contributed by atoms with Gasteiger partial charge in [-0.2, -0.15) is 5.10 Å². The lowest BCUT2D eigenvalue weighted by molar-refractivity contribution is 0.139. The second kappa shape index (κ2) is 7.65. The Morgan fingerprint density at radius 3 is 2.32 bits per heavy atom. The zero-order valence-corrected chi connectivity index (χ0v) is 15.2. The lowest BCUT2D eigenvalue weighted by Gasteiger charge is -2.21. The van der Waals surface area contributed by atoms with Crippen molar-refractivity contribution in [3.63, 3.8) is 0 Å². The van der Waals surface area contributed by atoms with Crippen LogP contribution < -0.4 is 10.6 Å². The molecule has 0 spiro atoms. The minimum atomic E-state index is -0.938. The van der Waals surface area contributed by atoms with Crippen LogP contribution in [0.4, 0.5) is 14.9 Å². The largest absolute Gasteiger partial charge is 0.386 e. The molecule has 0 aliphatic heterocycles. The number of amides is 2. The number of urea groups is 1. The molecule has 6 nitrogen and oxygen atoms in total. The highest BCUT2D eigenvalue weighted by Crippen LogP contribution is 2.22. The van der Waals surface area contributed by atoms with Crippen LogP contribution >= 0.6 is 0 Å². The summed E-state index contributed by atoms with van der Waals surface area (Å²) >= 11 is 0. The van der Waals surface area contributed by atoms with Crippen LogP contribution in [0.15, 0.2) is 24.3 Å². The standard InChI is InChI=1S/C18H25FN4O2/c1-10(2)23-13(5)16(11(3)22-23)21-18(25)20-12(4)17(24)14-6-8-15(19)9-7-14/h6-10,12,17,24H,1-5H3,(H2,20,21,25)/t12-,17-/m1/s1.